The van der Waals surface area contributed by atoms with Gasteiger partial charge in [-0.3, -0.25) is 0 Å². The van der Waals surface area contributed by atoms with Gasteiger partial charge in [-0.25, -0.2) is 8.78 Å². The summed E-state index contributed by atoms with van der Waals surface area (Å²) in [6.45, 7) is 2.81. The maximum absolute atomic E-state index is 12.7. The second kappa shape index (κ2) is 4.09. The third-order valence-corrected chi connectivity index (χ3v) is 3.24. The second-order valence-corrected chi connectivity index (χ2v) is 4.99. The number of hydrogen-bond acceptors (Lipinski definition) is 5. The summed E-state index contributed by atoms with van der Waals surface area (Å²) in [6.07, 6.45) is -2.10. The minimum absolute atomic E-state index is 0.282. The molecule has 2 aromatic heterocycles. The molecule has 3 rings (SSSR count). The van der Waals surface area contributed by atoms with Gasteiger partial charge in [0.1, 0.15) is 5.82 Å². The molecule has 0 aromatic carbocycles. The average Bonchev–Trinajstić information content (AvgIpc) is 2.91. The Kier molecular flexibility index (Phi) is 2.63. The molecule has 0 bridgehead atoms. The molecule has 1 aliphatic rings. The molecule has 1 fully saturated rings. The summed E-state index contributed by atoms with van der Waals surface area (Å²) in [5, 5.41) is 21.1. The van der Waals surface area contributed by atoms with E-state index in [-0.39, 0.29) is 5.65 Å². The third kappa shape index (κ3) is 2.12. The van der Waals surface area contributed by atoms with Gasteiger partial charge in [-0.1, -0.05) is 0 Å². The molecule has 0 saturated carbocycles. The molecule has 1 atom stereocenters. The fourth-order valence-corrected chi connectivity index (χ4v) is 2.24. The van der Waals surface area contributed by atoms with Crippen molar-refractivity contribution >= 4 is 11.5 Å². The maximum atomic E-state index is 12.7. The highest BCUT2D eigenvalue weighted by atomic mass is 19.3. The van der Waals surface area contributed by atoms with E-state index < -0.39 is 17.9 Å². The number of alkyl halides is 2. The van der Waals surface area contributed by atoms with Crippen LogP contribution in [0.25, 0.3) is 5.65 Å². The Morgan fingerprint density at radius 3 is 2.79 bits per heavy atom. The molecule has 0 radical (unpaired) electrons. The van der Waals surface area contributed by atoms with Crippen molar-refractivity contribution < 1.29 is 13.9 Å². The van der Waals surface area contributed by atoms with Crippen LogP contribution in [0, 0.1) is 0 Å². The van der Waals surface area contributed by atoms with E-state index in [1.807, 2.05) is 4.90 Å². The number of halogens is 2. The first kappa shape index (κ1) is 12.2. The molecule has 2 aromatic rings. The molecular formula is C11H13F2N5O. The first-order valence-corrected chi connectivity index (χ1v) is 5.94. The topological polar surface area (TPSA) is 66.5 Å². The van der Waals surface area contributed by atoms with Crippen molar-refractivity contribution in [3.63, 3.8) is 0 Å². The smallest absolute Gasteiger partial charge is 0.299 e. The normalized spacial score (nSPS) is 23.7. The van der Waals surface area contributed by atoms with Crippen LogP contribution in [0.5, 0.6) is 0 Å². The average molecular weight is 269 g/mol. The Morgan fingerprint density at radius 1 is 1.37 bits per heavy atom. The number of anilines is 1. The van der Waals surface area contributed by atoms with Crippen LogP contribution in [0.4, 0.5) is 14.6 Å². The monoisotopic (exact) mass is 269 g/mol. The highest BCUT2D eigenvalue weighted by Gasteiger charge is 2.32. The molecule has 19 heavy (non-hydrogen) atoms. The maximum Gasteiger partial charge on any atom is 0.299 e. The molecule has 1 unspecified atom stereocenters. The lowest BCUT2D eigenvalue weighted by Gasteiger charge is -2.19. The van der Waals surface area contributed by atoms with Crippen LogP contribution >= 0.6 is 0 Å². The molecule has 0 amide bonds. The van der Waals surface area contributed by atoms with Crippen molar-refractivity contribution in [3.05, 3.63) is 18.0 Å². The van der Waals surface area contributed by atoms with E-state index in [0.29, 0.717) is 25.3 Å². The number of nitrogens with zero attached hydrogens (tertiary/aromatic N) is 5. The van der Waals surface area contributed by atoms with Crippen molar-refractivity contribution in [1.82, 2.24) is 19.8 Å². The largest absolute Gasteiger partial charge is 0.388 e. The van der Waals surface area contributed by atoms with Gasteiger partial charge in [-0.05, 0) is 25.5 Å². The zero-order chi connectivity index (χ0) is 13.6. The van der Waals surface area contributed by atoms with Crippen LogP contribution in [0.1, 0.15) is 25.6 Å². The summed E-state index contributed by atoms with van der Waals surface area (Å²) in [5.74, 6) is 0.0646. The van der Waals surface area contributed by atoms with Crippen molar-refractivity contribution in [2.75, 3.05) is 18.0 Å². The van der Waals surface area contributed by atoms with Gasteiger partial charge in [0.2, 0.25) is 5.82 Å². The van der Waals surface area contributed by atoms with Crippen molar-refractivity contribution in [2.45, 2.75) is 25.4 Å². The van der Waals surface area contributed by atoms with E-state index in [1.54, 1.807) is 19.1 Å². The van der Waals surface area contributed by atoms with Gasteiger partial charge in [0, 0.05) is 13.1 Å². The van der Waals surface area contributed by atoms with Crippen LogP contribution in [0.15, 0.2) is 12.1 Å². The summed E-state index contributed by atoms with van der Waals surface area (Å²) in [5.41, 5.74) is -0.486. The molecule has 102 valence electrons. The minimum atomic E-state index is -2.72. The van der Waals surface area contributed by atoms with Crippen LogP contribution in [-0.2, 0) is 0 Å². The predicted octanol–water partition coefficient (Wildman–Crippen LogP) is 1.02. The highest BCUT2D eigenvalue weighted by molar-refractivity contribution is 5.47. The third-order valence-electron chi connectivity index (χ3n) is 3.24. The first-order chi connectivity index (χ1) is 8.96. The van der Waals surface area contributed by atoms with E-state index in [9.17, 15) is 13.9 Å². The Morgan fingerprint density at radius 2 is 2.16 bits per heavy atom. The second-order valence-electron chi connectivity index (χ2n) is 4.99. The lowest BCUT2D eigenvalue weighted by molar-refractivity contribution is 0.0838. The minimum Gasteiger partial charge on any atom is -0.388 e. The zero-order valence-corrected chi connectivity index (χ0v) is 10.3. The van der Waals surface area contributed by atoms with Crippen molar-refractivity contribution in [3.8, 4) is 0 Å². The number of β-amino-alcohol motifs (C(OH)–C–C–N with tert-alkyl or cyclic N) is 1. The molecule has 0 aliphatic carbocycles. The molecule has 1 N–H and O–H groups in total. The molecule has 6 nitrogen and oxygen atoms in total. The number of hydrogen-bond donors (Lipinski definition) is 1. The van der Waals surface area contributed by atoms with E-state index in [4.69, 9.17) is 0 Å². The fraction of sp³-hybridized carbons (Fsp3) is 0.545. The Balaban J connectivity index is 1.99. The molecule has 3 heterocycles. The van der Waals surface area contributed by atoms with E-state index in [0.717, 1.165) is 4.52 Å². The van der Waals surface area contributed by atoms with Crippen LogP contribution in [-0.4, -0.2) is 43.6 Å². The molecular weight excluding hydrogens is 256 g/mol. The quantitative estimate of drug-likeness (QED) is 0.881. The Bertz CT molecular complexity index is 612. The summed E-state index contributed by atoms with van der Waals surface area (Å²) >= 11 is 0. The summed E-state index contributed by atoms with van der Waals surface area (Å²) in [6, 6.07) is 3.29. The summed E-state index contributed by atoms with van der Waals surface area (Å²) < 4.78 is 26.5. The van der Waals surface area contributed by atoms with Gasteiger partial charge in [-0.15, -0.1) is 15.3 Å². The van der Waals surface area contributed by atoms with Crippen LogP contribution in [0.2, 0.25) is 0 Å². The molecule has 1 aliphatic heterocycles. The lowest BCUT2D eigenvalue weighted by Crippen LogP contribution is -2.30. The van der Waals surface area contributed by atoms with E-state index in [1.165, 1.54) is 0 Å². The number of aromatic nitrogens is 4. The molecule has 0 spiro atoms. The fourth-order valence-electron chi connectivity index (χ4n) is 2.24. The van der Waals surface area contributed by atoms with Gasteiger partial charge in [0.25, 0.3) is 6.43 Å². The Hall–Kier alpha value is -1.83. The highest BCUT2D eigenvalue weighted by Crippen LogP contribution is 2.25. The SMILES string of the molecule is CC1(O)CCN(c2ccc3nnc(C(F)F)n3n2)C1. The number of fused-ring (bicyclic) bond motifs is 1. The van der Waals surface area contributed by atoms with Gasteiger partial charge >= 0.3 is 0 Å². The van der Waals surface area contributed by atoms with E-state index in [2.05, 4.69) is 15.3 Å². The van der Waals surface area contributed by atoms with Gasteiger partial charge in [0.05, 0.1) is 5.60 Å². The zero-order valence-electron chi connectivity index (χ0n) is 10.3. The summed E-state index contributed by atoms with van der Waals surface area (Å²) in [7, 11) is 0. The van der Waals surface area contributed by atoms with Gasteiger partial charge < -0.3 is 10.0 Å². The number of rotatable bonds is 2. The standard InChI is InChI=1S/C11H13F2N5O/c1-11(19)4-5-17(6-11)8-3-2-7-14-15-10(9(12)13)18(7)16-8/h2-3,9,19H,4-6H2,1H3. The van der Waals surface area contributed by atoms with Gasteiger partial charge in [-0.2, -0.15) is 4.52 Å². The van der Waals surface area contributed by atoms with Gasteiger partial charge in [0.15, 0.2) is 5.65 Å². The number of aliphatic hydroxyl groups is 1. The summed E-state index contributed by atoms with van der Waals surface area (Å²) in [4.78, 5) is 1.86. The lowest BCUT2D eigenvalue weighted by atomic mass is 10.1. The molecule has 1 saturated heterocycles. The van der Waals surface area contributed by atoms with E-state index >= 15 is 0 Å². The first-order valence-electron chi connectivity index (χ1n) is 5.94. The van der Waals surface area contributed by atoms with Crippen molar-refractivity contribution in [2.24, 2.45) is 0 Å². The van der Waals surface area contributed by atoms with Crippen LogP contribution < -0.4 is 4.90 Å². The Labute approximate surface area is 107 Å². The molecule has 8 heteroatoms. The predicted molar refractivity (Wildman–Crippen MR) is 63.2 cm³/mol. The van der Waals surface area contributed by atoms with Crippen LogP contribution in [0.3, 0.4) is 0 Å². The van der Waals surface area contributed by atoms with Crippen molar-refractivity contribution in [1.29, 1.82) is 0 Å².